The van der Waals surface area contributed by atoms with Crippen molar-refractivity contribution in [2.45, 2.75) is 192 Å². The van der Waals surface area contributed by atoms with Crippen LogP contribution >= 0.6 is 0 Å². The summed E-state index contributed by atoms with van der Waals surface area (Å²) in [5, 5.41) is 53.7. The van der Waals surface area contributed by atoms with Gasteiger partial charge in [-0.25, -0.2) is 0 Å². The lowest BCUT2D eigenvalue weighted by Gasteiger charge is -2.40. The molecule has 46 heavy (non-hydrogen) atoms. The highest BCUT2D eigenvalue weighted by molar-refractivity contribution is 5.76. The van der Waals surface area contributed by atoms with E-state index in [2.05, 4.69) is 31.3 Å². The van der Waals surface area contributed by atoms with Crippen molar-refractivity contribution < 1.29 is 39.8 Å². The lowest BCUT2D eigenvalue weighted by Crippen LogP contribution is -2.60. The molecule has 6 N–H and O–H groups in total. The second kappa shape index (κ2) is 28.7. The minimum atomic E-state index is -1.57. The number of carbonyl (C=O) groups is 1. The van der Waals surface area contributed by atoms with Crippen molar-refractivity contribution in [3.8, 4) is 0 Å². The van der Waals surface area contributed by atoms with Crippen LogP contribution in [0.2, 0.25) is 0 Å². The Labute approximate surface area is 279 Å². The van der Waals surface area contributed by atoms with Crippen LogP contribution in [0.1, 0.15) is 149 Å². The fourth-order valence-electron chi connectivity index (χ4n) is 5.70. The molecule has 1 aliphatic heterocycles. The van der Waals surface area contributed by atoms with Gasteiger partial charge in [0, 0.05) is 6.42 Å². The highest BCUT2D eigenvalue weighted by atomic mass is 16.7. The molecule has 0 aromatic carbocycles. The minimum Gasteiger partial charge on any atom is -0.394 e. The fourth-order valence-corrected chi connectivity index (χ4v) is 5.70. The molecule has 1 heterocycles. The molecule has 0 saturated carbocycles. The summed E-state index contributed by atoms with van der Waals surface area (Å²) in [6.45, 7) is 3.69. The molecule has 1 aliphatic rings. The lowest BCUT2D eigenvalue weighted by atomic mass is 9.99. The average molecular weight is 656 g/mol. The quantitative estimate of drug-likeness (QED) is 0.0425. The van der Waals surface area contributed by atoms with Gasteiger partial charge in [0.05, 0.1) is 25.4 Å². The summed E-state index contributed by atoms with van der Waals surface area (Å²) in [5.41, 5.74) is 0. The molecule has 1 fully saturated rings. The molecule has 270 valence electrons. The summed E-state index contributed by atoms with van der Waals surface area (Å²) >= 11 is 0. The number of amides is 1. The first kappa shape index (κ1) is 42.7. The van der Waals surface area contributed by atoms with Gasteiger partial charge >= 0.3 is 0 Å². The molecule has 9 nitrogen and oxygen atoms in total. The van der Waals surface area contributed by atoms with Crippen LogP contribution in [0.4, 0.5) is 0 Å². The molecular formula is C37H69NO8. The third kappa shape index (κ3) is 20.1. The summed E-state index contributed by atoms with van der Waals surface area (Å²) in [5.74, 6) is -0.191. The van der Waals surface area contributed by atoms with Crippen LogP contribution in [-0.4, -0.2) is 87.5 Å². The number of ether oxygens (including phenoxy) is 2. The number of aliphatic hydroxyl groups excluding tert-OH is 5. The highest BCUT2D eigenvalue weighted by Gasteiger charge is 2.44. The number of aliphatic hydroxyl groups is 5. The normalized spacial score (nSPS) is 23.3. The molecule has 0 aromatic heterocycles. The molecule has 1 saturated heterocycles. The van der Waals surface area contributed by atoms with E-state index in [9.17, 15) is 30.3 Å². The Morgan fingerprint density at radius 2 is 1.24 bits per heavy atom. The zero-order chi connectivity index (χ0) is 33.8. The van der Waals surface area contributed by atoms with Crippen LogP contribution in [0.3, 0.4) is 0 Å². The van der Waals surface area contributed by atoms with E-state index < -0.39 is 49.5 Å². The van der Waals surface area contributed by atoms with Gasteiger partial charge in [-0.15, -0.1) is 0 Å². The molecule has 0 bridgehead atoms. The van der Waals surface area contributed by atoms with E-state index in [1.165, 1.54) is 89.9 Å². The Morgan fingerprint density at radius 1 is 0.717 bits per heavy atom. The number of carbonyl (C=O) groups excluding carboxylic acids is 1. The first-order valence-electron chi connectivity index (χ1n) is 18.6. The van der Waals surface area contributed by atoms with Crippen molar-refractivity contribution in [3.05, 3.63) is 24.3 Å². The van der Waals surface area contributed by atoms with Crippen LogP contribution in [0.25, 0.3) is 0 Å². The van der Waals surface area contributed by atoms with Crippen LogP contribution in [0.15, 0.2) is 24.3 Å². The lowest BCUT2D eigenvalue weighted by molar-refractivity contribution is -0.302. The van der Waals surface area contributed by atoms with Crippen LogP contribution in [-0.2, 0) is 14.3 Å². The van der Waals surface area contributed by atoms with E-state index in [0.717, 1.165) is 38.5 Å². The van der Waals surface area contributed by atoms with Crippen LogP contribution in [0.5, 0.6) is 0 Å². The zero-order valence-corrected chi connectivity index (χ0v) is 29.1. The maximum Gasteiger partial charge on any atom is 0.220 e. The number of nitrogens with one attached hydrogen (secondary N) is 1. The Bertz CT molecular complexity index is 776. The molecule has 7 atom stereocenters. The molecule has 9 heteroatoms. The van der Waals surface area contributed by atoms with Crippen molar-refractivity contribution in [1.82, 2.24) is 5.32 Å². The summed E-state index contributed by atoms with van der Waals surface area (Å²) in [6, 6.07) is -0.813. The van der Waals surface area contributed by atoms with Gasteiger partial charge in [0.25, 0.3) is 0 Å². The minimum absolute atomic E-state index is 0.191. The van der Waals surface area contributed by atoms with E-state index in [0.29, 0.717) is 6.42 Å². The number of hydrogen-bond acceptors (Lipinski definition) is 8. The molecule has 0 aromatic rings. The largest absolute Gasteiger partial charge is 0.394 e. The van der Waals surface area contributed by atoms with Crippen molar-refractivity contribution in [1.29, 1.82) is 0 Å². The van der Waals surface area contributed by atoms with Gasteiger partial charge in [0.2, 0.25) is 5.91 Å². The Balaban J connectivity index is 2.50. The first-order valence-corrected chi connectivity index (χ1v) is 18.6. The number of allylic oxidation sites excluding steroid dienone is 3. The summed E-state index contributed by atoms with van der Waals surface area (Å²) < 4.78 is 11.1. The average Bonchev–Trinajstić information content (AvgIpc) is 3.05. The summed E-state index contributed by atoms with van der Waals surface area (Å²) in [4.78, 5) is 12.8. The Hall–Kier alpha value is -1.33. The van der Waals surface area contributed by atoms with Gasteiger partial charge in [0.1, 0.15) is 24.4 Å². The monoisotopic (exact) mass is 656 g/mol. The second-order valence-corrected chi connectivity index (χ2v) is 13.0. The predicted octanol–water partition coefficient (Wildman–Crippen LogP) is 5.99. The van der Waals surface area contributed by atoms with Gasteiger partial charge in [0.15, 0.2) is 6.29 Å². The maximum atomic E-state index is 12.8. The van der Waals surface area contributed by atoms with Crippen molar-refractivity contribution in [3.63, 3.8) is 0 Å². The van der Waals surface area contributed by atoms with Gasteiger partial charge in [-0.3, -0.25) is 4.79 Å². The third-order valence-corrected chi connectivity index (χ3v) is 8.78. The van der Waals surface area contributed by atoms with E-state index in [1.54, 1.807) is 6.08 Å². The second-order valence-electron chi connectivity index (χ2n) is 13.0. The molecule has 0 aliphatic carbocycles. The fraction of sp³-hybridized carbons (Fsp3) is 0.865. The number of rotatable bonds is 29. The molecular weight excluding hydrogens is 586 g/mol. The Kier molecular flexibility index (Phi) is 26.6. The van der Waals surface area contributed by atoms with E-state index in [4.69, 9.17) is 9.47 Å². The smallest absolute Gasteiger partial charge is 0.220 e. The molecule has 1 amide bonds. The van der Waals surface area contributed by atoms with Crippen molar-refractivity contribution in [2.75, 3.05) is 13.2 Å². The SMILES string of the molecule is CCCCCCC/C=C/CC/C=C/C(O)C(COC1OC(CO)C(O)C(O)C1O)NC(=O)CCCCCCCCCCCCCC. The summed E-state index contributed by atoms with van der Waals surface area (Å²) in [7, 11) is 0. The van der Waals surface area contributed by atoms with Crippen LogP contribution in [0, 0.1) is 0 Å². The topological polar surface area (TPSA) is 149 Å². The Morgan fingerprint density at radius 3 is 1.83 bits per heavy atom. The van der Waals surface area contributed by atoms with Crippen molar-refractivity contribution >= 4 is 5.91 Å². The van der Waals surface area contributed by atoms with E-state index >= 15 is 0 Å². The molecule has 7 unspecified atom stereocenters. The van der Waals surface area contributed by atoms with E-state index in [1.807, 2.05) is 6.08 Å². The third-order valence-electron chi connectivity index (χ3n) is 8.78. The van der Waals surface area contributed by atoms with Crippen molar-refractivity contribution in [2.24, 2.45) is 0 Å². The zero-order valence-electron chi connectivity index (χ0n) is 29.1. The summed E-state index contributed by atoms with van der Waals surface area (Å²) in [6.07, 6.45) is 23.7. The van der Waals surface area contributed by atoms with Gasteiger partial charge in [-0.2, -0.15) is 0 Å². The maximum absolute atomic E-state index is 12.8. The highest BCUT2D eigenvalue weighted by Crippen LogP contribution is 2.22. The first-order chi connectivity index (χ1) is 22.3. The van der Waals surface area contributed by atoms with Crippen LogP contribution < -0.4 is 5.32 Å². The molecule has 0 spiro atoms. The van der Waals surface area contributed by atoms with E-state index in [-0.39, 0.29) is 12.5 Å². The standard InChI is InChI=1S/C37H69NO8/c1-3-5-7-9-11-13-15-17-19-21-23-25-27-33(41)38-30(29-45-37-36(44)35(43)34(42)32(28-39)46-37)31(40)26-24-22-20-18-16-14-12-10-8-6-4-2/h16,18,24,26,30-32,34-37,39-40,42-44H,3-15,17,19-23,25,27-29H2,1-2H3,(H,38,41)/b18-16+,26-24+. The number of hydrogen-bond donors (Lipinski definition) is 6. The number of unbranched alkanes of at least 4 members (excludes halogenated alkanes) is 17. The van der Waals surface area contributed by atoms with Gasteiger partial charge in [-0.05, 0) is 32.1 Å². The predicted molar refractivity (Wildman–Crippen MR) is 184 cm³/mol. The molecule has 1 rings (SSSR count). The molecule has 0 radical (unpaired) electrons. The van der Waals surface area contributed by atoms with Gasteiger partial charge in [-0.1, -0.05) is 134 Å². The van der Waals surface area contributed by atoms with Gasteiger partial charge < -0.3 is 40.3 Å².